The van der Waals surface area contributed by atoms with E-state index in [1.165, 1.54) is 18.3 Å². The lowest BCUT2D eigenvalue weighted by Gasteiger charge is -2.23. The number of halogens is 1. The molecule has 23 heavy (non-hydrogen) atoms. The van der Waals surface area contributed by atoms with E-state index in [1.54, 1.807) is 0 Å². The Kier molecular flexibility index (Phi) is 6.38. The highest BCUT2D eigenvalue weighted by molar-refractivity contribution is 7.89. The Morgan fingerprint density at radius 1 is 1.17 bits per heavy atom. The summed E-state index contributed by atoms with van der Waals surface area (Å²) in [6.45, 7) is 4.10. The van der Waals surface area contributed by atoms with Crippen molar-refractivity contribution in [1.29, 1.82) is 0 Å². The summed E-state index contributed by atoms with van der Waals surface area (Å²) in [7, 11) is -3.54. The van der Waals surface area contributed by atoms with Gasteiger partial charge in [0.1, 0.15) is 10.0 Å². The Hall–Kier alpha value is -1.63. The van der Waals surface area contributed by atoms with Gasteiger partial charge in [-0.15, -0.1) is 0 Å². The van der Waals surface area contributed by atoms with Crippen molar-refractivity contribution in [1.82, 2.24) is 9.71 Å². The third-order valence-corrected chi connectivity index (χ3v) is 5.08. The normalized spacial score (nSPS) is 11.4. The molecule has 0 saturated heterocycles. The van der Waals surface area contributed by atoms with Crippen LogP contribution < -0.4 is 9.62 Å². The van der Waals surface area contributed by atoms with Crippen LogP contribution in [0, 0.1) is 0 Å². The monoisotopic (exact) mass is 353 g/mol. The summed E-state index contributed by atoms with van der Waals surface area (Å²) in [5, 5.41) is 0.269. The zero-order valence-corrected chi connectivity index (χ0v) is 14.5. The number of para-hydroxylation sites is 1. The van der Waals surface area contributed by atoms with Crippen molar-refractivity contribution in [2.45, 2.75) is 18.2 Å². The lowest BCUT2D eigenvalue weighted by atomic mass is 10.2. The van der Waals surface area contributed by atoms with Gasteiger partial charge in [0.25, 0.3) is 0 Å². The third kappa shape index (κ3) is 5.20. The van der Waals surface area contributed by atoms with E-state index in [4.69, 9.17) is 11.6 Å². The maximum atomic E-state index is 12.1. The fraction of sp³-hybridized carbons (Fsp3) is 0.312. The summed E-state index contributed by atoms with van der Waals surface area (Å²) in [6.07, 6.45) is 1.97. The first kappa shape index (κ1) is 17.7. The van der Waals surface area contributed by atoms with Crippen LogP contribution in [-0.4, -0.2) is 33.0 Å². The summed E-state index contributed by atoms with van der Waals surface area (Å²) in [5.41, 5.74) is 1.14. The second-order valence-electron chi connectivity index (χ2n) is 4.98. The first-order valence-corrected chi connectivity index (χ1v) is 9.30. The van der Waals surface area contributed by atoms with Crippen LogP contribution in [-0.2, 0) is 10.0 Å². The molecule has 2 rings (SSSR count). The van der Waals surface area contributed by atoms with Crippen molar-refractivity contribution in [3.63, 3.8) is 0 Å². The van der Waals surface area contributed by atoms with Gasteiger partial charge >= 0.3 is 0 Å². The molecule has 5 nitrogen and oxygen atoms in total. The van der Waals surface area contributed by atoms with Crippen molar-refractivity contribution in [3.8, 4) is 0 Å². The van der Waals surface area contributed by atoms with Crippen LogP contribution in [0.4, 0.5) is 5.69 Å². The summed E-state index contributed by atoms with van der Waals surface area (Å²) in [6, 6.07) is 13.0. The molecule has 0 unspecified atom stereocenters. The van der Waals surface area contributed by atoms with Crippen LogP contribution in [0.3, 0.4) is 0 Å². The molecule has 1 N–H and O–H groups in total. The number of aromatic nitrogens is 1. The largest absolute Gasteiger partial charge is 0.372 e. The second kappa shape index (κ2) is 8.29. The van der Waals surface area contributed by atoms with E-state index in [0.29, 0.717) is 13.0 Å². The Bertz CT molecular complexity index is 706. The van der Waals surface area contributed by atoms with Gasteiger partial charge in [0, 0.05) is 31.5 Å². The third-order valence-electron chi connectivity index (χ3n) is 3.41. The first-order valence-electron chi connectivity index (χ1n) is 7.44. The Morgan fingerprint density at radius 2 is 1.91 bits per heavy atom. The molecule has 0 atom stereocenters. The van der Waals surface area contributed by atoms with Crippen molar-refractivity contribution in [2.75, 3.05) is 24.5 Å². The van der Waals surface area contributed by atoms with Gasteiger partial charge in [0.15, 0.2) is 0 Å². The zero-order chi connectivity index (χ0) is 16.7. The topological polar surface area (TPSA) is 62.3 Å². The van der Waals surface area contributed by atoms with Crippen LogP contribution in [0.2, 0.25) is 5.15 Å². The fourth-order valence-electron chi connectivity index (χ4n) is 2.19. The number of hydrogen-bond donors (Lipinski definition) is 1. The lowest BCUT2D eigenvalue weighted by Crippen LogP contribution is -2.30. The summed E-state index contributed by atoms with van der Waals surface area (Å²) >= 11 is 5.67. The van der Waals surface area contributed by atoms with Gasteiger partial charge < -0.3 is 4.90 Å². The highest BCUT2D eigenvalue weighted by Crippen LogP contribution is 2.13. The lowest BCUT2D eigenvalue weighted by molar-refractivity contribution is 0.578. The number of rotatable bonds is 8. The summed E-state index contributed by atoms with van der Waals surface area (Å²) < 4.78 is 26.8. The molecule has 0 bridgehead atoms. The fourth-order valence-corrected chi connectivity index (χ4v) is 3.32. The predicted octanol–water partition coefficient (Wildman–Crippen LogP) is 2.93. The van der Waals surface area contributed by atoms with Gasteiger partial charge in [-0.2, -0.15) is 0 Å². The Morgan fingerprint density at radius 3 is 2.52 bits per heavy atom. The standard InChI is InChI=1S/C16H20ClN3O2S/c1-2-20(14-7-4-3-5-8-14)12-6-11-19-23(21,22)15-9-10-16(17)18-13-15/h3-5,7-10,13,19H,2,6,11-12H2,1H3. The SMILES string of the molecule is CCN(CCCNS(=O)(=O)c1ccc(Cl)nc1)c1ccccc1. The minimum Gasteiger partial charge on any atom is -0.372 e. The minimum atomic E-state index is -3.54. The molecular formula is C16H20ClN3O2S. The van der Waals surface area contributed by atoms with E-state index in [2.05, 4.69) is 21.5 Å². The van der Waals surface area contributed by atoms with E-state index in [1.807, 2.05) is 30.3 Å². The van der Waals surface area contributed by atoms with Crippen LogP contribution in [0.1, 0.15) is 13.3 Å². The number of pyridine rings is 1. The van der Waals surface area contributed by atoms with E-state index in [-0.39, 0.29) is 10.0 Å². The molecule has 0 aliphatic carbocycles. The van der Waals surface area contributed by atoms with Crippen LogP contribution in [0.5, 0.6) is 0 Å². The molecule has 7 heteroatoms. The molecule has 0 spiro atoms. The van der Waals surface area contributed by atoms with Crippen molar-refractivity contribution in [2.24, 2.45) is 0 Å². The van der Waals surface area contributed by atoms with Crippen LogP contribution >= 0.6 is 11.6 Å². The van der Waals surface area contributed by atoms with E-state index < -0.39 is 10.0 Å². The number of anilines is 1. The molecule has 0 fully saturated rings. The molecule has 1 heterocycles. The number of nitrogens with one attached hydrogen (secondary N) is 1. The van der Waals surface area contributed by atoms with E-state index >= 15 is 0 Å². The van der Waals surface area contributed by atoms with E-state index in [0.717, 1.165) is 18.8 Å². The second-order valence-corrected chi connectivity index (χ2v) is 7.14. The van der Waals surface area contributed by atoms with Crippen molar-refractivity contribution >= 4 is 27.3 Å². The highest BCUT2D eigenvalue weighted by atomic mass is 35.5. The molecule has 0 aliphatic heterocycles. The van der Waals surface area contributed by atoms with Crippen molar-refractivity contribution in [3.05, 3.63) is 53.8 Å². The van der Waals surface area contributed by atoms with Gasteiger partial charge in [-0.1, -0.05) is 29.8 Å². The molecule has 1 aromatic carbocycles. The van der Waals surface area contributed by atoms with Gasteiger partial charge in [-0.05, 0) is 37.6 Å². The van der Waals surface area contributed by atoms with Gasteiger partial charge in [-0.3, -0.25) is 0 Å². The van der Waals surface area contributed by atoms with Gasteiger partial charge in [-0.25, -0.2) is 18.1 Å². The average Bonchev–Trinajstić information content (AvgIpc) is 2.56. The summed E-state index contributed by atoms with van der Waals surface area (Å²) in [5.74, 6) is 0. The number of hydrogen-bond acceptors (Lipinski definition) is 4. The Balaban J connectivity index is 1.85. The predicted molar refractivity (Wildman–Crippen MR) is 93.4 cm³/mol. The summed E-state index contributed by atoms with van der Waals surface area (Å²) in [4.78, 5) is 6.12. The minimum absolute atomic E-state index is 0.123. The van der Waals surface area contributed by atoms with Crippen molar-refractivity contribution < 1.29 is 8.42 Å². The molecule has 1 aromatic heterocycles. The smallest absolute Gasteiger partial charge is 0.242 e. The van der Waals surface area contributed by atoms with Gasteiger partial charge in [0.05, 0.1) is 0 Å². The molecule has 0 aliphatic rings. The molecule has 0 radical (unpaired) electrons. The van der Waals surface area contributed by atoms with E-state index in [9.17, 15) is 8.42 Å². The maximum Gasteiger partial charge on any atom is 0.242 e. The highest BCUT2D eigenvalue weighted by Gasteiger charge is 2.13. The van der Waals surface area contributed by atoms with Crippen LogP contribution in [0.15, 0.2) is 53.6 Å². The zero-order valence-electron chi connectivity index (χ0n) is 12.9. The Labute approximate surface area is 142 Å². The quantitative estimate of drug-likeness (QED) is 0.585. The molecule has 2 aromatic rings. The molecule has 0 saturated carbocycles. The number of benzene rings is 1. The molecular weight excluding hydrogens is 334 g/mol. The molecule has 0 amide bonds. The maximum absolute atomic E-state index is 12.1. The van der Waals surface area contributed by atoms with Gasteiger partial charge in [0.2, 0.25) is 10.0 Å². The average molecular weight is 354 g/mol. The van der Waals surface area contributed by atoms with Crippen LogP contribution in [0.25, 0.3) is 0 Å². The number of sulfonamides is 1. The molecule has 124 valence electrons. The first-order chi connectivity index (χ1) is 11.0. The number of nitrogens with zero attached hydrogens (tertiary/aromatic N) is 2.